The molecule has 3 rings (SSSR count). The average molecular weight is 299 g/mol. The quantitative estimate of drug-likeness (QED) is 0.699. The lowest BCUT2D eigenvalue weighted by Gasteiger charge is -2.28. The van der Waals surface area contributed by atoms with E-state index >= 15 is 0 Å². The second-order valence-corrected chi connectivity index (χ2v) is 6.36. The minimum absolute atomic E-state index is 0.216. The molecule has 2 aromatic rings. The second-order valence-electron chi connectivity index (χ2n) is 5.95. The van der Waals surface area contributed by atoms with Gasteiger partial charge < -0.3 is 0 Å². The van der Waals surface area contributed by atoms with E-state index in [1.54, 1.807) is 0 Å². The van der Waals surface area contributed by atoms with Gasteiger partial charge in [0.05, 0.1) is 5.41 Å². The van der Waals surface area contributed by atoms with E-state index in [1.165, 1.54) is 0 Å². The molecule has 2 aromatic carbocycles. The zero-order valence-corrected chi connectivity index (χ0v) is 13.0. The van der Waals surface area contributed by atoms with Crippen LogP contribution < -0.4 is 0 Å². The fourth-order valence-corrected chi connectivity index (χ4v) is 3.57. The van der Waals surface area contributed by atoms with Crippen LogP contribution in [0.5, 0.6) is 0 Å². The summed E-state index contributed by atoms with van der Waals surface area (Å²) in [7, 11) is 0. The average Bonchev–Trinajstić information content (AvgIpc) is 3.01. The molecule has 0 atom stereocenters. The van der Waals surface area contributed by atoms with Gasteiger partial charge in [0, 0.05) is 10.6 Å². The summed E-state index contributed by atoms with van der Waals surface area (Å²) in [6.07, 6.45) is 4.09. The number of benzene rings is 2. The van der Waals surface area contributed by atoms with Crippen molar-refractivity contribution in [3.63, 3.8) is 0 Å². The predicted octanol–water partition coefficient (Wildman–Crippen LogP) is 5.34. The number of Topliss-reactive ketones (excluding diaryl/α,β-unsaturated/α-hetero) is 1. The van der Waals surface area contributed by atoms with Crippen LogP contribution in [0.3, 0.4) is 0 Å². The molecule has 0 heterocycles. The van der Waals surface area contributed by atoms with Crippen LogP contribution in [-0.4, -0.2) is 5.78 Å². The number of carbonyl (C=O) groups is 1. The lowest BCUT2D eigenvalue weighted by atomic mass is 9.73. The zero-order chi connectivity index (χ0) is 14.9. The fourth-order valence-electron chi connectivity index (χ4n) is 3.39. The van der Waals surface area contributed by atoms with Gasteiger partial charge in [-0.3, -0.25) is 4.79 Å². The first kappa shape index (κ1) is 14.3. The molecule has 0 aliphatic heterocycles. The van der Waals surface area contributed by atoms with E-state index in [0.717, 1.165) is 42.4 Å². The number of hydrogen-bond donors (Lipinski definition) is 0. The van der Waals surface area contributed by atoms with Gasteiger partial charge in [-0.05, 0) is 37.0 Å². The number of ketones is 1. The van der Waals surface area contributed by atoms with Crippen molar-refractivity contribution in [2.75, 3.05) is 0 Å². The van der Waals surface area contributed by atoms with Crippen molar-refractivity contribution < 1.29 is 4.79 Å². The predicted molar refractivity (Wildman–Crippen MR) is 87.1 cm³/mol. The molecule has 1 aliphatic carbocycles. The van der Waals surface area contributed by atoms with Gasteiger partial charge in [0.15, 0.2) is 5.78 Å². The van der Waals surface area contributed by atoms with E-state index < -0.39 is 0 Å². The summed E-state index contributed by atoms with van der Waals surface area (Å²) in [4.78, 5) is 13.2. The Balaban J connectivity index is 2.05. The minimum atomic E-state index is -0.361. The van der Waals surface area contributed by atoms with Gasteiger partial charge in [-0.2, -0.15) is 0 Å². The van der Waals surface area contributed by atoms with Crippen molar-refractivity contribution in [1.82, 2.24) is 0 Å². The molecule has 0 N–H and O–H groups in total. The van der Waals surface area contributed by atoms with Gasteiger partial charge in [0.2, 0.25) is 0 Å². The summed E-state index contributed by atoms with van der Waals surface area (Å²) in [5.74, 6) is 0.216. The lowest BCUT2D eigenvalue weighted by Crippen LogP contribution is -2.33. The molecule has 21 heavy (non-hydrogen) atoms. The third kappa shape index (κ3) is 2.51. The Bertz CT molecular complexity index is 655. The Labute approximate surface area is 131 Å². The molecule has 0 aromatic heterocycles. The highest BCUT2D eigenvalue weighted by Gasteiger charge is 2.42. The molecule has 0 spiro atoms. The van der Waals surface area contributed by atoms with Crippen LogP contribution in [-0.2, 0) is 5.41 Å². The maximum atomic E-state index is 13.2. The topological polar surface area (TPSA) is 17.1 Å². The smallest absolute Gasteiger partial charge is 0.173 e. The molecule has 0 saturated heterocycles. The van der Waals surface area contributed by atoms with Crippen molar-refractivity contribution in [2.45, 2.75) is 38.0 Å². The maximum Gasteiger partial charge on any atom is 0.173 e. The van der Waals surface area contributed by atoms with E-state index in [2.05, 4.69) is 12.1 Å². The number of carbonyl (C=O) groups excluding carboxylic acids is 1. The number of aryl methyl sites for hydroxylation is 1. The molecule has 0 unspecified atom stereocenters. The molecule has 1 fully saturated rings. The van der Waals surface area contributed by atoms with Crippen LogP contribution in [0.4, 0.5) is 0 Å². The van der Waals surface area contributed by atoms with Crippen LogP contribution in [0.1, 0.15) is 47.2 Å². The highest BCUT2D eigenvalue weighted by Crippen LogP contribution is 2.43. The van der Waals surface area contributed by atoms with Crippen LogP contribution in [0.2, 0.25) is 5.02 Å². The normalized spacial score (nSPS) is 16.9. The van der Waals surface area contributed by atoms with E-state index in [1.807, 2.05) is 43.3 Å². The zero-order valence-electron chi connectivity index (χ0n) is 12.2. The Morgan fingerprint density at radius 3 is 2.33 bits per heavy atom. The van der Waals surface area contributed by atoms with Crippen LogP contribution in [0.15, 0.2) is 48.5 Å². The summed E-state index contributed by atoms with van der Waals surface area (Å²) in [6, 6.07) is 15.9. The molecule has 1 saturated carbocycles. The molecular formula is C19H19ClO. The number of rotatable bonds is 3. The van der Waals surface area contributed by atoms with Crippen molar-refractivity contribution in [2.24, 2.45) is 0 Å². The van der Waals surface area contributed by atoms with Gasteiger partial charge in [0.25, 0.3) is 0 Å². The van der Waals surface area contributed by atoms with Gasteiger partial charge in [-0.15, -0.1) is 0 Å². The largest absolute Gasteiger partial charge is 0.293 e. The summed E-state index contributed by atoms with van der Waals surface area (Å²) < 4.78 is 0. The van der Waals surface area contributed by atoms with E-state index in [-0.39, 0.29) is 11.2 Å². The van der Waals surface area contributed by atoms with Gasteiger partial charge in [-0.25, -0.2) is 0 Å². The van der Waals surface area contributed by atoms with E-state index in [4.69, 9.17) is 11.6 Å². The summed E-state index contributed by atoms with van der Waals surface area (Å²) in [5, 5.41) is 0.669. The van der Waals surface area contributed by atoms with Crippen molar-refractivity contribution in [3.8, 4) is 0 Å². The highest BCUT2D eigenvalue weighted by molar-refractivity contribution is 6.31. The van der Waals surface area contributed by atoms with Crippen LogP contribution in [0.25, 0.3) is 0 Å². The van der Waals surface area contributed by atoms with Crippen LogP contribution in [0, 0.1) is 6.92 Å². The molecular weight excluding hydrogens is 280 g/mol. The molecule has 0 amide bonds. The standard InChI is InChI=1S/C19H19ClO/c1-14-9-10-15(13-17(14)20)18(21)19(11-5-6-12-19)16-7-3-2-4-8-16/h2-4,7-10,13H,5-6,11-12H2,1H3. The molecule has 108 valence electrons. The van der Waals surface area contributed by atoms with Gasteiger partial charge >= 0.3 is 0 Å². The molecule has 1 nitrogen and oxygen atoms in total. The molecule has 1 aliphatic rings. The number of halogens is 1. The third-order valence-electron chi connectivity index (χ3n) is 4.65. The summed E-state index contributed by atoms with van der Waals surface area (Å²) in [5.41, 5.74) is 2.52. The second kappa shape index (κ2) is 5.65. The van der Waals surface area contributed by atoms with Crippen LogP contribution >= 0.6 is 11.6 Å². The van der Waals surface area contributed by atoms with Crippen molar-refractivity contribution >= 4 is 17.4 Å². The Morgan fingerprint density at radius 1 is 1.05 bits per heavy atom. The first-order valence-electron chi connectivity index (χ1n) is 7.50. The summed E-state index contributed by atoms with van der Waals surface area (Å²) >= 11 is 6.20. The number of hydrogen-bond acceptors (Lipinski definition) is 1. The minimum Gasteiger partial charge on any atom is -0.293 e. The van der Waals surface area contributed by atoms with E-state index in [9.17, 15) is 4.79 Å². The first-order chi connectivity index (χ1) is 10.1. The monoisotopic (exact) mass is 298 g/mol. The van der Waals surface area contributed by atoms with Crippen molar-refractivity contribution in [1.29, 1.82) is 0 Å². The van der Waals surface area contributed by atoms with Gasteiger partial charge in [0.1, 0.15) is 0 Å². The lowest BCUT2D eigenvalue weighted by molar-refractivity contribution is 0.0886. The third-order valence-corrected chi connectivity index (χ3v) is 5.06. The van der Waals surface area contributed by atoms with Crippen molar-refractivity contribution in [3.05, 3.63) is 70.2 Å². The summed E-state index contributed by atoms with van der Waals surface area (Å²) in [6.45, 7) is 1.96. The molecule has 2 heteroatoms. The SMILES string of the molecule is Cc1ccc(C(=O)C2(c3ccccc3)CCCC2)cc1Cl. The molecule has 0 bridgehead atoms. The van der Waals surface area contributed by atoms with Gasteiger partial charge in [-0.1, -0.05) is 66.9 Å². The Kier molecular flexibility index (Phi) is 3.86. The fraction of sp³-hybridized carbons (Fsp3) is 0.316. The first-order valence-corrected chi connectivity index (χ1v) is 7.88. The maximum absolute atomic E-state index is 13.2. The van der Waals surface area contributed by atoms with E-state index in [0.29, 0.717) is 5.02 Å². The molecule has 0 radical (unpaired) electrons. The Hall–Kier alpha value is -1.60. The Morgan fingerprint density at radius 2 is 1.71 bits per heavy atom. The highest BCUT2D eigenvalue weighted by atomic mass is 35.5.